The van der Waals surface area contributed by atoms with Crippen LogP contribution in [0.2, 0.25) is 0 Å². The SMILES string of the molecule is CC(C)(C)OCCOc1cc(OC(F)F)c(F)cc1N. The van der Waals surface area contributed by atoms with Crippen molar-refractivity contribution < 1.29 is 27.4 Å². The van der Waals surface area contributed by atoms with E-state index in [0.717, 1.165) is 12.1 Å². The molecule has 0 aliphatic carbocycles. The van der Waals surface area contributed by atoms with Crippen molar-refractivity contribution in [3.05, 3.63) is 17.9 Å². The lowest BCUT2D eigenvalue weighted by Gasteiger charge is -2.20. The molecular formula is C13H18F3NO3. The Balaban J connectivity index is 2.65. The Bertz CT molecular complexity index is 447. The van der Waals surface area contributed by atoms with Crippen LogP contribution in [0.5, 0.6) is 11.5 Å². The smallest absolute Gasteiger partial charge is 0.387 e. The van der Waals surface area contributed by atoms with Crippen LogP contribution < -0.4 is 15.2 Å². The molecule has 0 spiro atoms. The maximum absolute atomic E-state index is 13.3. The quantitative estimate of drug-likeness (QED) is 0.646. The van der Waals surface area contributed by atoms with Gasteiger partial charge in [-0.3, -0.25) is 0 Å². The van der Waals surface area contributed by atoms with Crippen LogP contribution in [0.15, 0.2) is 12.1 Å². The Morgan fingerprint density at radius 1 is 1.15 bits per heavy atom. The van der Waals surface area contributed by atoms with Crippen LogP contribution in [0.25, 0.3) is 0 Å². The first-order valence-electron chi connectivity index (χ1n) is 5.99. The molecule has 0 bridgehead atoms. The van der Waals surface area contributed by atoms with Crippen LogP contribution in [-0.2, 0) is 4.74 Å². The number of ether oxygens (including phenoxy) is 3. The second kappa shape index (κ2) is 6.69. The molecule has 0 radical (unpaired) electrons. The van der Waals surface area contributed by atoms with Gasteiger partial charge >= 0.3 is 6.61 Å². The van der Waals surface area contributed by atoms with Crippen molar-refractivity contribution in [2.24, 2.45) is 0 Å². The molecule has 4 nitrogen and oxygen atoms in total. The molecule has 0 atom stereocenters. The maximum atomic E-state index is 13.3. The lowest BCUT2D eigenvalue weighted by atomic mass is 10.2. The number of benzene rings is 1. The summed E-state index contributed by atoms with van der Waals surface area (Å²) in [6, 6.07) is 1.87. The van der Waals surface area contributed by atoms with Crippen LogP contribution >= 0.6 is 0 Å². The normalized spacial score (nSPS) is 11.8. The van der Waals surface area contributed by atoms with E-state index in [9.17, 15) is 13.2 Å². The zero-order valence-electron chi connectivity index (χ0n) is 11.6. The Kier molecular flexibility index (Phi) is 5.50. The van der Waals surface area contributed by atoms with E-state index in [1.54, 1.807) is 0 Å². The van der Waals surface area contributed by atoms with Gasteiger partial charge < -0.3 is 19.9 Å². The summed E-state index contributed by atoms with van der Waals surface area (Å²) in [5, 5.41) is 0. The van der Waals surface area contributed by atoms with Gasteiger partial charge in [0.05, 0.1) is 17.9 Å². The van der Waals surface area contributed by atoms with E-state index in [1.807, 2.05) is 20.8 Å². The average molecular weight is 293 g/mol. The van der Waals surface area contributed by atoms with E-state index < -0.39 is 18.2 Å². The summed E-state index contributed by atoms with van der Waals surface area (Å²) in [4.78, 5) is 0. The van der Waals surface area contributed by atoms with Gasteiger partial charge in [0.15, 0.2) is 11.6 Å². The van der Waals surface area contributed by atoms with Crippen LogP contribution in [0.1, 0.15) is 20.8 Å². The van der Waals surface area contributed by atoms with Gasteiger partial charge in [0.2, 0.25) is 0 Å². The molecule has 0 unspecified atom stereocenters. The van der Waals surface area contributed by atoms with Crippen molar-refractivity contribution in [3.63, 3.8) is 0 Å². The molecule has 0 saturated heterocycles. The van der Waals surface area contributed by atoms with Crippen LogP contribution in [0, 0.1) is 5.82 Å². The van der Waals surface area contributed by atoms with Crippen LogP contribution in [0.3, 0.4) is 0 Å². The maximum Gasteiger partial charge on any atom is 0.387 e. The predicted octanol–water partition coefficient (Wildman–Crippen LogP) is 3.20. The number of hydrogen-bond acceptors (Lipinski definition) is 4. The minimum absolute atomic E-state index is 0.000116. The van der Waals surface area contributed by atoms with E-state index >= 15 is 0 Å². The third kappa shape index (κ3) is 5.56. The molecule has 0 heterocycles. The Morgan fingerprint density at radius 3 is 2.35 bits per heavy atom. The first-order valence-corrected chi connectivity index (χ1v) is 5.99. The highest BCUT2D eigenvalue weighted by atomic mass is 19.3. The molecule has 1 aromatic rings. The highest BCUT2D eigenvalue weighted by Crippen LogP contribution is 2.31. The number of alkyl halides is 2. The topological polar surface area (TPSA) is 53.7 Å². The third-order valence-electron chi connectivity index (χ3n) is 2.16. The van der Waals surface area contributed by atoms with E-state index in [0.29, 0.717) is 0 Å². The van der Waals surface area contributed by atoms with Gasteiger partial charge in [0, 0.05) is 12.1 Å². The Hall–Kier alpha value is -1.63. The molecule has 114 valence electrons. The fraction of sp³-hybridized carbons (Fsp3) is 0.538. The zero-order valence-corrected chi connectivity index (χ0v) is 11.6. The Morgan fingerprint density at radius 2 is 1.80 bits per heavy atom. The molecule has 0 fully saturated rings. The third-order valence-corrected chi connectivity index (χ3v) is 2.16. The zero-order chi connectivity index (χ0) is 15.3. The Labute approximate surface area is 115 Å². The highest BCUT2D eigenvalue weighted by molar-refractivity contribution is 5.56. The summed E-state index contributed by atoms with van der Waals surface area (Å²) in [5.41, 5.74) is 5.22. The number of nitrogen functional groups attached to an aromatic ring is 1. The van der Waals surface area contributed by atoms with Gasteiger partial charge in [-0.25, -0.2) is 4.39 Å². The standard InChI is InChI=1S/C13H18F3NO3/c1-13(2,3)19-5-4-18-11-7-10(20-12(15)16)8(14)6-9(11)17/h6-7,12H,4-5,17H2,1-3H3. The molecule has 0 aliphatic heterocycles. The van der Waals surface area contributed by atoms with Crippen molar-refractivity contribution in [2.45, 2.75) is 33.0 Å². The summed E-state index contributed by atoms with van der Waals surface area (Å²) < 4.78 is 52.2. The van der Waals surface area contributed by atoms with Crippen molar-refractivity contribution >= 4 is 5.69 Å². The minimum atomic E-state index is -3.12. The van der Waals surface area contributed by atoms with E-state index in [2.05, 4.69) is 4.74 Å². The molecule has 7 heteroatoms. The monoisotopic (exact) mass is 293 g/mol. The number of hydrogen-bond donors (Lipinski definition) is 1. The number of nitrogens with two attached hydrogens (primary N) is 1. The van der Waals surface area contributed by atoms with Crippen molar-refractivity contribution in [1.29, 1.82) is 0 Å². The predicted molar refractivity (Wildman–Crippen MR) is 68.6 cm³/mol. The van der Waals surface area contributed by atoms with Crippen LogP contribution in [0.4, 0.5) is 18.9 Å². The first-order chi connectivity index (χ1) is 9.19. The average Bonchev–Trinajstić information content (AvgIpc) is 2.28. The van der Waals surface area contributed by atoms with Crippen molar-refractivity contribution in [3.8, 4) is 11.5 Å². The fourth-order valence-corrected chi connectivity index (χ4v) is 1.36. The largest absolute Gasteiger partial charge is 0.489 e. The number of anilines is 1. The molecule has 1 rings (SSSR count). The summed E-state index contributed by atoms with van der Waals surface area (Å²) in [5.74, 6) is -1.51. The van der Waals surface area contributed by atoms with Crippen LogP contribution in [-0.4, -0.2) is 25.4 Å². The molecular weight excluding hydrogens is 275 g/mol. The summed E-state index contributed by atoms with van der Waals surface area (Å²) in [6.45, 7) is 2.97. The number of rotatable bonds is 6. The fourth-order valence-electron chi connectivity index (χ4n) is 1.36. The van der Waals surface area contributed by atoms with Gasteiger partial charge in [-0.2, -0.15) is 8.78 Å². The van der Waals surface area contributed by atoms with E-state index in [1.165, 1.54) is 0 Å². The molecule has 0 saturated carbocycles. The molecule has 1 aromatic carbocycles. The van der Waals surface area contributed by atoms with Gasteiger partial charge in [-0.1, -0.05) is 0 Å². The lowest BCUT2D eigenvalue weighted by molar-refractivity contribution is -0.0524. The summed E-state index contributed by atoms with van der Waals surface area (Å²) >= 11 is 0. The second-order valence-electron chi connectivity index (χ2n) is 5.01. The van der Waals surface area contributed by atoms with Gasteiger partial charge in [-0.05, 0) is 20.8 Å². The van der Waals surface area contributed by atoms with Gasteiger partial charge in [-0.15, -0.1) is 0 Å². The van der Waals surface area contributed by atoms with E-state index in [-0.39, 0.29) is 30.3 Å². The second-order valence-corrected chi connectivity index (χ2v) is 5.01. The molecule has 0 aromatic heterocycles. The highest BCUT2D eigenvalue weighted by Gasteiger charge is 2.15. The molecule has 0 aliphatic rings. The van der Waals surface area contributed by atoms with Gasteiger partial charge in [0.1, 0.15) is 12.4 Å². The molecule has 2 N–H and O–H groups in total. The molecule has 0 amide bonds. The minimum Gasteiger partial charge on any atom is -0.489 e. The summed E-state index contributed by atoms with van der Waals surface area (Å²) in [6.07, 6.45) is 0. The summed E-state index contributed by atoms with van der Waals surface area (Å²) in [7, 11) is 0. The first kappa shape index (κ1) is 16.4. The lowest BCUT2D eigenvalue weighted by Crippen LogP contribution is -2.22. The van der Waals surface area contributed by atoms with E-state index in [4.69, 9.17) is 15.2 Å². The van der Waals surface area contributed by atoms with Crippen molar-refractivity contribution in [2.75, 3.05) is 18.9 Å². The van der Waals surface area contributed by atoms with Gasteiger partial charge in [0.25, 0.3) is 0 Å². The number of halogens is 3. The van der Waals surface area contributed by atoms with Crippen molar-refractivity contribution in [1.82, 2.24) is 0 Å². The molecule has 20 heavy (non-hydrogen) atoms.